The number of fused-ring (bicyclic) bond motifs is 1. The second kappa shape index (κ2) is 7.80. The number of nitrogens with one attached hydrogen (secondary N) is 1. The molecule has 1 amide bonds. The molecule has 0 unspecified atom stereocenters. The molecule has 0 aliphatic heterocycles. The standard InChI is InChI=1S/C21H20F2N2O3/c1-3-9-24-18(27)11-15-12(2)25(16-7-8-17(26)20(23)19(15)16)21(28)13-5-4-6-14(22)10-13/h4-8,10,26H,3,9,11H2,1-2H3,(H,24,27). The van der Waals surface area contributed by atoms with Gasteiger partial charge in [-0.05, 0) is 49.2 Å². The minimum atomic E-state index is -0.898. The summed E-state index contributed by atoms with van der Waals surface area (Å²) in [5, 5.41) is 12.5. The van der Waals surface area contributed by atoms with E-state index < -0.39 is 23.3 Å². The van der Waals surface area contributed by atoms with E-state index in [1.165, 1.54) is 28.8 Å². The molecule has 5 nitrogen and oxygen atoms in total. The largest absolute Gasteiger partial charge is 0.505 e. The zero-order valence-electron chi connectivity index (χ0n) is 15.6. The Labute approximate surface area is 160 Å². The molecule has 28 heavy (non-hydrogen) atoms. The summed E-state index contributed by atoms with van der Waals surface area (Å²) < 4.78 is 29.5. The minimum Gasteiger partial charge on any atom is -0.505 e. The zero-order chi connectivity index (χ0) is 20.4. The maximum Gasteiger partial charge on any atom is 0.262 e. The normalized spacial score (nSPS) is 11.0. The van der Waals surface area contributed by atoms with Gasteiger partial charge in [0.2, 0.25) is 5.91 Å². The fraction of sp³-hybridized carbons (Fsp3) is 0.238. The highest BCUT2D eigenvalue weighted by molar-refractivity contribution is 6.05. The molecule has 146 valence electrons. The molecule has 0 aliphatic rings. The first-order valence-corrected chi connectivity index (χ1v) is 8.93. The number of carbonyl (C=O) groups excluding carboxylic acids is 2. The second-order valence-electron chi connectivity index (χ2n) is 6.53. The summed E-state index contributed by atoms with van der Waals surface area (Å²) in [7, 11) is 0. The van der Waals surface area contributed by atoms with Gasteiger partial charge in [0.15, 0.2) is 11.6 Å². The molecule has 3 aromatic rings. The van der Waals surface area contributed by atoms with Crippen molar-refractivity contribution in [3.63, 3.8) is 0 Å². The number of rotatable bonds is 5. The molecule has 3 rings (SSSR count). The van der Waals surface area contributed by atoms with Crippen molar-refractivity contribution < 1.29 is 23.5 Å². The van der Waals surface area contributed by atoms with Gasteiger partial charge in [-0.2, -0.15) is 0 Å². The van der Waals surface area contributed by atoms with Crippen LogP contribution < -0.4 is 5.32 Å². The van der Waals surface area contributed by atoms with Crippen LogP contribution in [0.4, 0.5) is 8.78 Å². The van der Waals surface area contributed by atoms with E-state index in [2.05, 4.69) is 5.32 Å². The Balaban J connectivity index is 2.18. The second-order valence-corrected chi connectivity index (χ2v) is 6.53. The molecule has 1 heterocycles. The Morgan fingerprint density at radius 1 is 1.18 bits per heavy atom. The van der Waals surface area contributed by atoms with Gasteiger partial charge in [-0.1, -0.05) is 13.0 Å². The van der Waals surface area contributed by atoms with Crippen LogP contribution in [0.2, 0.25) is 0 Å². The van der Waals surface area contributed by atoms with Gasteiger partial charge in [0.25, 0.3) is 5.91 Å². The quantitative estimate of drug-likeness (QED) is 0.703. The third-order valence-corrected chi connectivity index (χ3v) is 4.60. The fourth-order valence-electron chi connectivity index (χ4n) is 3.24. The van der Waals surface area contributed by atoms with Gasteiger partial charge in [0.1, 0.15) is 5.82 Å². The van der Waals surface area contributed by atoms with Gasteiger partial charge in [-0.15, -0.1) is 0 Å². The number of hydrogen-bond donors (Lipinski definition) is 2. The van der Waals surface area contributed by atoms with Crippen LogP contribution in [0.1, 0.15) is 35.0 Å². The maximum atomic E-state index is 14.7. The number of aromatic hydroxyl groups is 1. The Morgan fingerprint density at radius 3 is 2.61 bits per heavy atom. The first-order chi connectivity index (χ1) is 13.3. The van der Waals surface area contributed by atoms with Gasteiger partial charge < -0.3 is 10.4 Å². The molecule has 2 N–H and O–H groups in total. The van der Waals surface area contributed by atoms with E-state index in [1.54, 1.807) is 6.92 Å². The third kappa shape index (κ3) is 3.47. The minimum absolute atomic E-state index is 0.00824. The molecular weight excluding hydrogens is 366 g/mol. The van der Waals surface area contributed by atoms with Gasteiger partial charge in [0.05, 0.1) is 11.9 Å². The Morgan fingerprint density at radius 2 is 1.93 bits per heavy atom. The predicted octanol–water partition coefficient (Wildman–Crippen LogP) is 3.69. The monoisotopic (exact) mass is 386 g/mol. The Bertz CT molecular complexity index is 1070. The van der Waals surface area contributed by atoms with E-state index in [1.807, 2.05) is 6.92 Å². The number of phenols is 1. The van der Waals surface area contributed by atoms with Gasteiger partial charge in [-0.25, -0.2) is 8.78 Å². The van der Waals surface area contributed by atoms with E-state index in [0.717, 1.165) is 18.6 Å². The van der Waals surface area contributed by atoms with Gasteiger partial charge in [-0.3, -0.25) is 14.2 Å². The van der Waals surface area contributed by atoms with E-state index in [4.69, 9.17) is 0 Å². The van der Waals surface area contributed by atoms with Crippen molar-refractivity contribution in [2.75, 3.05) is 6.54 Å². The number of hydrogen-bond acceptors (Lipinski definition) is 3. The molecule has 0 saturated heterocycles. The van der Waals surface area contributed by atoms with Crippen LogP contribution in [0, 0.1) is 18.6 Å². The maximum absolute atomic E-state index is 14.7. The van der Waals surface area contributed by atoms with Crippen LogP contribution in [-0.4, -0.2) is 28.0 Å². The highest BCUT2D eigenvalue weighted by atomic mass is 19.1. The highest BCUT2D eigenvalue weighted by Gasteiger charge is 2.25. The number of aromatic nitrogens is 1. The summed E-state index contributed by atoms with van der Waals surface area (Å²) in [6.07, 6.45) is 0.603. The lowest BCUT2D eigenvalue weighted by Gasteiger charge is -2.08. The van der Waals surface area contributed by atoms with Crippen molar-refractivity contribution in [1.82, 2.24) is 9.88 Å². The highest BCUT2D eigenvalue weighted by Crippen LogP contribution is 2.33. The lowest BCUT2D eigenvalue weighted by molar-refractivity contribution is -0.120. The number of phenolic OH excluding ortho intramolecular Hbond substituents is 1. The molecule has 2 aromatic carbocycles. The van der Waals surface area contributed by atoms with Crippen LogP contribution >= 0.6 is 0 Å². The van der Waals surface area contributed by atoms with E-state index >= 15 is 0 Å². The lowest BCUT2D eigenvalue weighted by Crippen LogP contribution is -2.26. The molecule has 1 aromatic heterocycles. The summed E-state index contributed by atoms with van der Waals surface area (Å²) in [5.74, 6) is -2.90. The molecule has 0 bridgehead atoms. The number of nitrogens with zero attached hydrogens (tertiary/aromatic N) is 1. The summed E-state index contributed by atoms with van der Waals surface area (Å²) in [5.41, 5.74) is 0.970. The molecule has 0 spiro atoms. The van der Waals surface area contributed by atoms with Gasteiger partial charge in [0, 0.05) is 23.2 Å². The van der Waals surface area contributed by atoms with E-state index in [9.17, 15) is 23.5 Å². The molecule has 0 atom stereocenters. The van der Waals surface area contributed by atoms with Crippen molar-refractivity contribution in [3.8, 4) is 5.75 Å². The van der Waals surface area contributed by atoms with Crippen molar-refractivity contribution in [3.05, 3.63) is 64.9 Å². The Hall–Kier alpha value is -3.22. The van der Waals surface area contributed by atoms with Crippen LogP contribution in [0.25, 0.3) is 10.9 Å². The zero-order valence-corrected chi connectivity index (χ0v) is 15.6. The van der Waals surface area contributed by atoms with E-state index in [0.29, 0.717) is 17.8 Å². The number of carbonyl (C=O) groups is 2. The predicted molar refractivity (Wildman–Crippen MR) is 101 cm³/mol. The molecule has 7 heteroatoms. The number of amides is 1. The topological polar surface area (TPSA) is 71.3 Å². The van der Waals surface area contributed by atoms with Crippen LogP contribution in [-0.2, 0) is 11.2 Å². The molecular formula is C21H20F2N2O3. The summed E-state index contributed by atoms with van der Waals surface area (Å²) in [4.78, 5) is 25.2. The molecule has 0 aliphatic carbocycles. The summed E-state index contributed by atoms with van der Waals surface area (Å²) in [6.45, 7) is 3.98. The lowest BCUT2D eigenvalue weighted by atomic mass is 10.1. The fourth-order valence-corrected chi connectivity index (χ4v) is 3.24. The SMILES string of the molecule is CCCNC(=O)Cc1c(C)n(C(=O)c2cccc(F)c2)c2ccc(O)c(F)c12. The third-order valence-electron chi connectivity index (χ3n) is 4.60. The van der Waals surface area contributed by atoms with Crippen molar-refractivity contribution in [1.29, 1.82) is 0 Å². The average Bonchev–Trinajstić information content (AvgIpc) is 2.94. The first-order valence-electron chi connectivity index (χ1n) is 8.93. The van der Waals surface area contributed by atoms with Crippen molar-refractivity contribution in [2.24, 2.45) is 0 Å². The van der Waals surface area contributed by atoms with Crippen LogP contribution in [0.5, 0.6) is 5.75 Å². The smallest absolute Gasteiger partial charge is 0.262 e. The average molecular weight is 386 g/mol. The number of benzene rings is 2. The van der Waals surface area contributed by atoms with Crippen molar-refractivity contribution >= 4 is 22.7 Å². The molecule has 0 saturated carbocycles. The van der Waals surface area contributed by atoms with Crippen LogP contribution in [0.3, 0.4) is 0 Å². The van der Waals surface area contributed by atoms with Gasteiger partial charge >= 0.3 is 0 Å². The number of halogens is 2. The summed E-state index contributed by atoms with van der Waals surface area (Å²) >= 11 is 0. The first kappa shape index (κ1) is 19.5. The van der Waals surface area contributed by atoms with Crippen LogP contribution in [0.15, 0.2) is 36.4 Å². The van der Waals surface area contributed by atoms with Crippen molar-refractivity contribution in [2.45, 2.75) is 26.7 Å². The summed E-state index contributed by atoms with van der Waals surface area (Å²) in [6, 6.07) is 7.74. The molecule has 0 radical (unpaired) electrons. The molecule has 0 fully saturated rings. The Kier molecular flexibility index (Phi) is 5.44. The van der Waals surface area contributed by atoms with E-state index in [-0.39, 0.29) is 28.8 Å².